The van der Waals surface area contributed by atoms with Gasteiger partial charge in [0.05, 0.1) is 19.3 Å². The zero-order valence-electron chi connectivity index (χ0n) is 32.0. The number of carboxylic acids is 1. The molecule has 0 aromatic carbocycles. The number of nitrogens with zero attached hydrogens (tertiary/aromatic N) is 2. The summed E-state index contributed by atoms with van der Waals surface area (Å²) in [5.74, 6) is -7.47. The quantitative estimate of drug-likeness (QED) is 0.0221. The highest BCUT2D eigenvalue weighted by atomic mass is 16.4. The SMILES string of the molecule is CC(C)C[C@H](NC(=O)[C@H](CO)NC(=O)[C@H](C)NC(=O)[C@H](CO)NC(=O)[C@@H](N)CCCN=C(N)N)C(=O)N[C@H](C(=O)N[C@@H](CCCN=C(N)N)C(=O)O)C(C)C. The van der Waals surface area contributed by atoms with E-state index in [-0.39, 0.29) is 56.6 Å². The van der Waals surface area contributed by atoms with Gasteiger partial charge in [0.1, 0.15) is 36.3 Å². The number of carbonyl (C=O) groups excluding carboxylic acids is 6. The third-order valence-corrected chi connectivity index (χ3v) is 7.83. The van der Waals surface area contributed by atoms with Crippen molar-refractivity contribution in [1.29, 1.82) is 0 Å². The van der Waals surface area contributed by atoms with Crippen LogP contribution < -0.4 is 60.6 Å². The lowest BCUT2D eigenvalue weighted by atomic mass is 9.99. The minimum absolute atomic E-state index is 0.00382. The van der Waals surface area contributed by atoms with Gasteiger partial charge in [0, 0.05) is 13.1 Å². The van der Waals surface area contributed by atoms with E-state index >= 15 is 0 Å². The first-order chi connectivity index (χ1) is 25.6. The van der Waals surface area contributed by atoms with Gasteiger partial charge in [0.2, 0.25) is 35.4 Å². The van der Waals surface area contributed by atoms with Crippen molar-refractivity contribution in [3.05, 3.63) is 0 Å². The molecule has 0 spiro atoms. The number of carbonyl (C=O) groups is 7. The van der Waals surface area contributed by atoms with E-state index in [1.807, 2.05) is 0 Å². The Labute approximate surface area is 319 Å². The average molecular weight is 788 g/mol. The molecule has 0 aliphatic carbocycles. The van der Waals surface area contributed by atoms with E-state index in [1.54, 1.807) is 27.7 Å². The van der Waals surface area contributed by atoms with E-state index in [9.17, 15) is 48.9 Å². The number of aliphatic carboxylic acids is 1. The summed E-state index contributed by atoms with van der Waals surface area (Å²) in [6.45, 7) is 6.62. The third-order valence-electron chi connectivity index (χ3n) is 7.83. The van der Waals surface area contributed by atoms with Gasteiger partial charge >= 0.3 is 5.97 Å². The largest absolute Gasteiger partial charge is 0.480 e. The molecular weight excluding hydrogens is 726 g/mol. The van der Waals surface area contributed by atoms with Crippen LogP contribution in [0.1, 0.15) is 66.7 Å². The molecule has 23 nitrogen and oxygen atoms in total. The Hall–Kier alpha value is -5.29. The zero-order valence-corrected chi connectivity index (χ0v) is 32.0. The maximum Gasteiger partial charge on any atom is 0.326 e. The van der Waals surface area contributed by atoms with Crippen molar-refractivity contribution in [2.45, 2.75) is 109 Å². The number of hydrogen-bond donors (Lipinski definition) is 14. The number of hydrogen-bond acceptors (Lipinski definition) is 12. The highest BCUT2D eigenvalue weighted by Gasteiger charge is 2.33. The van der Waals surface area contributed by atoms with Crippen molar-refractivity contribution in [3.63, 3.8) is 0 Å². The summed E-state index contributed by atoms with van der Waals surface area (Å²) in [4.78, 5) is 97.3. The number of guanidine groups is 2. The van der Waals surface area contributed by atoms with Crippen molar-refractivity contribution < 1.29 is 48.9 Å². The van der Waals surface area contributed by atoms with Gasteiger partial charge in [-0.05, 0) is 50.9 Å². The van der Waals surface area contributed by atoms with Crippen LogP contribution in [0.5, 0.6) is 0 Å². The molecule has 0 aromatic rings. The van der Waals surface area contributed by atoms with Gasteiger partial charge in [0.25, 0.3) is 0 Å². The number of nitrogens with one attached hydrogen (secondary N) is 6. The molecule has 0 heterocycles. The lowest BCUT2D eigenvalue weighted by Gasteiger charge is -2.28. The van der Waals surface area contributed by atoms with Gasteiger partial charge < -0.3 is 75.9 Å². The average Bonchev–Trinajstić information content (AvgIpc) is 3.09. The van der Waals surface area contributed by atoms with Crippen LogP contribution in [0.4, 0.5) is 0 Å². The van der Waals surface area contributed by atoms with Gasteiger partial charge in [-0.1, -0.05) is 27.7 Å². The van der Waals surface area contributed by atoms with Crippen LogP contribution in [0, 0.1) is 11.8 Å². The molecule has 0 radical (unpaired) electrons. The maximum atomic E-state index is 13.5. The molecule has 0 aliphatic rings. The lowest BCUT2D eigenvalue weighted by Crippen LogP contribution is -2.61. The standard InChI is InChI=1S/C32H61N13O10/c1-15(2)12-20(26(50)45-23(16(3)4)29(53)41-19(30(54)55)9-7-11-39-32(36)37)42-28(52)22(14-47)43-24(48)17(5)40-27(51)21(13-46)44-25(49)18(33)8-6-10-38-31(34)35/h15-23,46-47H,6-14,33H2,1-5H3,(H,40,51)(H,41,53)(H,42,52)(H,43,48)(H,44,49)(H,45,50)(H,54,55)(H4,34,35,38)(H4,36,37,39)/t17-,18-,19-,20-,21-,22-,23-/m0/s1. The molecule has 314 valence electrons. The molecule has 0 saturated carbocycles. The molecule has 23 heteroatoms. The summed E-state index contributed by atoms with van der Waals surface area (Å²) < 4.78 is 0. The molecule has 0 rings (SSSR count). The zero-order chi connectivity index (χ0) is 42.4. The molecule has 19 N–H and O–H groups in total. The van der Waals surface area contributed by atoms with Crippen LogP contribution in [0.15, 0.2) is 9.98 Å². The first-order valence-corrected chi connectivity index (χ1v) is 17.8. The van der Waals surface area contributed by atoms with E-state index < -0.39 is 103 Å². The van der Waals surface area contributed by atoms with Crippen molar-refractivity contribution in [2.75, 3.05) is 26.3 Å². The van der Waals surface area contributed by atoms with Crippen molar-refractivity contribution in [1.82, 2.24) is 31.9 Å². The fourth-order valence-electron chi connectivity index (χ4n) is 4.78. The lowest BCUT2D eigenvalue weighted by molar-refractivity contribution is -0.143. The summed E-state index contributed by atoms with van der Waals surface area (Å²) in [6.07, 6.45) is 0.827. The van der Waals surface area contributed by atoms with Gasteiger partial charge in [-0.2, -0.15) is 0 Å². The highest BCUT2D eigenvalue weighted by Crippen LogP contribution is 2.10. The Morgan fingerprint density at radius 3 is 1.45 bits per heavy atom. The molecule has 55 heavy (non-hydrogen) atoms. The van der Waals surface area contributed by atoms with E-state index in [0.717, 1.165) is 0 Å². The molecular formula is C32H61N13O10. The Kier molecular flexibility index (Phi) is 23.2. The number of carboxylic acid groups (broad SMARTS) is 1. The number of aliphatic hydroxyl groups excluding tert-OH is 2. The van der Waals surface area contributed by atoms with Crippen molar-refractivity contribution in [3.8, 4) is 0 Å². The molecule has 0 saturated heterocycles. The first kappa shape index (κ1) is 49.7. The predicted octanol–water partition coefficient (Wildman–Crippen LogP) is -5.88. The van der Waals surface area contributed by atoms with Gasteiger partial charge in [-0.25, -0.2) is 4.79 Å². The second kappa shape index (κ2) is 25.7. The van der Waals surface area contributed by atoms with E-state index in [1.165, 1.54) is 6.92 Å². The summed E-state index contributed by atoms with van der Waals surface area (Å²) in [6, 6.07) is -9.26. The summed E-state index contributed by atoms with van der Waals surface area (Å²) in [7, 11) is 0. The normalized spacial score (nSPS) is 14.8. The van der Waals surface area contributed by atoms with Gasteiger partial charge in [0.15, 0.2) is 11.9 Å². The van der Waals surface area contributed by atoms with Crippen LogP contribution in [-0.2, 0) is 33.6 Å². The Morgan fingerprint density at radius 1 is 0.564 bits per heavy atom. The third kappa shape index (κ3) is 20.1. The number of aliphatic imine (C=N–C) groups is 2. The fourth-order valence-corrected chi connectivity index (χ4v) is 4.78. The van der Waals surface area contributed by atoms with Crippen LogP contribution >= 0.6 is 0 Å². The second-order valence-corrected chi connectivity index (χ2v) is 13.5. The monoisotopic (exact) mass is 787 g/mol. The molecule has 0 aliphatic heterocycles. The Balaban J connectivity index is 5.56. The van der Waals surface area contributed by atoms with E-state index in [0.29, 0.717) is 6.42 Å². The first-order valence-electron chi connectivity index (χ1n) is 17.8. The van der Waals surface area contributed by atoms with Gasteiger partial charge in [-0.15, -0.1) is 0 Å². The van der Waals surface area contributed by atoms with Gasteiger partial charge in [-0.3, -0.25) is 38.8 Å². The fraction of sp³-hybridized carbons (Fsp3) is 0.719. The Bertz CT molecular complexity index is 1350. The molecule has 0 aromatic heterocycles. The number of amides is 6. The molecule has 0 bridgehead atoms. The molecule has 6 amide bonds. The maximum absolute atomic E-state index is 13.5. The van der Waals surface area contributed by atoms with Crippen molar-refractivity contribution in [2.24, 2.45) is 50.5 Å². The molecule has 0 unspecified atom stereocenters. The predicted molar refractivity (Wildman–Crippen MR) is 201 cm³/mol. The van der Waals surface area contributed by atoms with E-state index in [4.69, 9.17) is 28.7 Å². The molecule has 7 atom stereocenters. The summed E-state index contributed by atoms with van der Waals surface area (Å²) in [5, 5.41) is 43.6. The minimum Gasteiger partial charge on any atom is -0.480 e. The van der Waals surface area contributed by atoms with Crippen LogP contribution in [-0.4, -0.2) is 137 Å². The molecule has 0 fully saturated rings. The van der Waals surface area contributed by atoms with Crippen molar-refractivity contribution >= 4 is 53.3 Å². The highest BCUT2D eigenvalue weighted by molar-refractivity contribution is 5.97. The summed E-state index contributed by atoms with van der Waals surface area (Å²) >= 11 is 0. The number of aliphatic hydroxyl groups is 2. The van der Waals surface area contributed by atoms with E-state index in [2.05, 4.69) is 41.9 Å². The van der Waals surface area contributed by atoms with Crippen LogP contribution in [0.2, 0.25) is 0 Å². The minimum atomic E-state index is -1.60. The number of rotatable bonds is 26. The topological polar surface area (TPSA) is 407 Å². The smallest absolute Gasteiger partial charge is 0.326 e. The second-order valence-electron chi connectivity index (χ2n) is 13.5. The van der Waals surface area contributed by atoms with Crippen LogP contribution in [0.3, 0.4) is 0 Å². The Morgan fingerprint density at radius 2 is 1.00 bits per heavy atom. The van der Waals surface area contributed by atoms with Crippen LogP contribution in [0.25, 0.3) is 0 Å². The summed E-state index contributed by atoms with van der Waals surface area (Å²) in [5.41, 5.74) is 26.9. The number of nitrogens with two attached hydrogens (primary N) is 5.